The number of carbonyl (C=O) groups is 2. The van der Waals surface area contributed by atoms with Gasteiger partial charge in [0.25, 0.3) is 5.91 Å². The van der Waals surface area contributed by atoms with Crippen molar-refractivity contribution in [1.82, 2.24) is 9.80 Å². The van der Waals surface area contributed by atoms with Gasteiger partial charge in [0.15, 0.2) is 17.3 Å². The molecule has 0 aliphatic carbocycles. The Kier molecular flexibility index (Phi) is 6.29. The number of aliphatic hydroxyl groups is 1. The van der Waals surface area contributed by atoms with Crippen molar-refractivity contribution in [2.24, 2.45) is 0 Å². The van der Waals surface area contributed by atoms with Gasteiger partial charge in [-0.25, -0.2) is 0 Å². The molecule has 0 saturated carbocycles. The molecule has 31 heavy (non-hydrogen) atoms. The van der Waals surface area contributed by atoms with E-state index in [2.05, 4.69) is 4.90 Å². The second kappa shape index (κ2) is 9.11. The number of nitrogens with zero attached hydrogens (tertiary/aromatic N) is 2. The molecule has 0 radical (unpaired) electrons. The van der Waals surface area contributed by atoms with Gasteiger partial charge in [-0.2, -0.15) is 0 Å². The highest BCUT2D eigenvalue weighted by Gasteiger charge is 2.44. The topological polar surface area (TPSA) is 79.3 Å². The van der Waals surface area contributed by atoms with Gasteiger partial charge in [0.05, 0.1) is 30.7 Å². The van der Waals surface area contributed by atoms with Gasteiger partial charge in [0, 0.05) is 13.1 Å². The molecule has 1 N–H and O–H groups in total. The van der Waals surface area contributed by atoms with Gasteiger partial charge >= 0.3 is 0 Å². The zero-order valence-electron chi connectivity index (χ0n) is 17.7. The van der Waals surface area contributed by atoms with Gasteiger partial charge in [-0.05, 0) is 55.1 Å². The number of rotatable bonds is 8. The van der Waals surface area contributed by atoms with Crippen LogP contribution in [0.1, 0.15) is 34.1 Å². The summed E-state index contributed by atoms with van der Waals surface area (Å²) in [7, 11) is 3.09. The van der Waals surface area contributed by atoms with Crippen LogP contribution < -0.4 is 9.47 Å². The summed E-state index contributed by atoms with van der Waals surface area (Å²) in [6, 6.07) is 8.12. The summed E-state index contributed by atoms with van der Waals surface area (Å²) in [5.74, 6) is -0.261. The largest absolute Gasteiger partial charge is 0.503 e. The van der Waals surface area contributed by atoms with Crippen molar-refractivity contribution < 1.29 is 24.2 Å². The molecule has 1 saturated heterocycles. The van der Waals surface area contributed by atoms with Crippen molar-refractivity contribution in [1.29, 1.82) is 0 Å². The van der Waals surface area contributed by atoms with E-state index in [1.54, 1.807) is 41.7 Å². The SMILES string of the molecule is COc1ccc(C2C(C(=O)c3cccs3)=C(O)C(=O)N2CCN2CCCC2)cc1OC. The lowest BCUT2D eigenvalue weighted by atomic mass is 9.95. The Morgan fingerprint density at radius 2 is 1.87 bits per heavy atom. The predicted octanol–water partition coefficient (Wildman–Crippen LogP) is 3.44. The van der Waals surface area contributed by atoms with E-state index in [1.807, 2.05) is 6.07 Å². The van der Waals surface area contributed by atoms with E-state index < -0.39 is 17.7 Å². The van der Waals surface area contributed by atoms with Crippen LogP contribution >= 0.6 is 11.3 Å². The summed E-state index contributed by atoms with van der Waals surface area (Å²) in [5, 5.41) is 12.6. The summed E-state index contributed by atoms with van der Waals surface area (Å²) >= 11 is 1.29. The number of hydrogen-bond acceptors (Lipinski definition) is 7. The Balaban J connectivity index is 1.73. The standard InChI is InChI=1S/C23H26N2O5S/c1-29-16-8-7-15(14-17(16)30-2)20-19(21(26)18-6-5-13-31-18)22(27)23(28)25(20)12-11-24-9-3-4-10-24/h5-8,13-14,20,27H,3-4,9-12H2,1-2H3. The molecule has 164 valence electrons. The fourth-order valence-corrected chi connectivity index (χ4v) is 4.96. The molecule has 2 aliphatic rings. The van der Waals surface area contributed by atoms with Gasteiger partial charge in [-0.15, -0.1) is 11.3 Å². The number of Topliss-reactive ketones (excluding diaryl/α,β-unsaturated/α-hetero) is 1. The van der Waals surface area contributed by atoms with Gasteiger partial charge in [-0.1, -0.05) is 12.1 Å². The number of aliphatic hydroxyl groups excluding tert-OH is 1. The molecule has 1 aromatic carbocycles. The van der Waals surface area contributed by atoms with Crippen LogP contribution in [-0.4, -0.2) is 67.0 Å². The number of ketones is 1. The van der Waals surface area contributed by atoms with E-state index in [1.165, 1.54) is 18.4 Å². The van der Waals surface area contributed by atoms with Crippen LogP contribution in [0.15, 0.2) is 47.0 Å². The summed E-state index contributed by atoms with van der Waals surface area (Å²) < 4.78 is 10.8. The third-order valence-corrected chi connectivity index (χ3v) is 6.74. The lowest BCUT2D eigenvalue weighted by molar-refractivity contribution is -0.129. The van der Waals surface area contributed by atoms with Crippen molar-refractivity contribution in [3.63, 3.8) is 0 Å². The lowest BCUT2D eigenvalue weighted by Gasteiger charge is -2.29. The maximum Gasteiger partial charge on any atom is 0.290 e. The van der Waals surface area contributed by atoms with E-state index in [4.69, 9.17) is 9.47 Å². The molecular weight excluding hydrogens is 416 g/mol. The number of likely N-dealkylation sites (tertiary alicyclic amines) is 1. The van der Waals surface area contributed by atoms with Crippen LogP contribution in [0.3, 0.4) is 0 Å². The monoisotopic (exact) mass is 442 g/mol. The minimum Gasteiger partial charge on any atom is -0.503 e. The molecule has 2 aromatic rings. The van der Waals surface area contributed by atoms with E-state index in [0.29, 0.717) is 35.0 Å². The third-order valence-electron chi connectivity index (χ3n) is 5.87. The van der Waals surface area contributed by atoms with Crippen LogP contribution in [0.5, 0.6) is 11.5 Å². The first-order valence-electron chi connectivity index (χ1n) is 10.3. The molecule has 0 spiro atoms. The van der Waals surface area contributed by atoms with Crippen LogP contribution in [0.2, 0.25) is 0 Å². The van der Waals surface area contributed by atoms with Crippen molar-refractivity contribution in [2.75, 3.05) is 40.4 Å². The molecule has 4 rings (SSSR count). The molecule has 1 atom stereocenters. The van der Waals surface area contributed by atoms with Gasteiger partial charge in [0.1, 0.15) is 0 Å². The first-order chi connectivity index (χ1) is 15.0. The zero-order chi connectivity index (χ0) is 22.0. The highest BCUT2D eigenvalue weighted by molar-refractivity contribution is 7.12. The Bertz CT molecular complexity index is 995. The fraction of sp³-hybridized carbons (Fsp3) is 0.391. The van der Waals surface area contributed by atoms with E-state index in [9.17, 15) is 14.7 Å². The number of amides is 1. The predicted molar refractivity (Wildman–Crippen MR) is 118 cm³/mol. The van der Waals surface area contributed by atoms with E-state index >= 15 is 0 Å². The lowest BCUT2D eigenvalue weighted by Crippen LogP contribution is -2.37. The first kappa shape index (κ1) is 21.4. The fourth-order valence-electron chi connectivity index (χ4n) is 4.28. The number of methoxy groups -OCH3 is 2. The molecule has 8 heteroatoms. The average Bonchev–Trinajstić information content (AvgIpc) is 3.54. The molecule has 1 unspecified atom stereocenters. The summed E-state index contributed by atoms with van der Waals surface area (Å²) in [6.45, 7) is 3.12. The summed E-state index contributed by atoms with van der Waals surface area (Å²) in [5.41, 5.74) is 0.803. The minimum absolute atomic E-state index is 0.112. The van der Waals surface area contributed by atoms with Crippen molar-refractivity contribution in [3.8, 4) is 11.5 Å². The maximum atomic E-state index is 13.3. The molecule has 3 heterocycles. The molecule has 7 nitrogen and oxygen atoms in total. The molecule has 1 aromatic heterocycles. The van der Waals surface area contributed by atoms with Crippen LogP contribution in [0.4, 0.5) is 0 Å². The summed E-state index contributed by atoms with van der Waals surface area (Å²) in [6.07, 6.45) is 2.30. The number of thiophene rings is 1. The van der Waals surface area contributed by atoms with E-state index in [-0.39, 0.29) is 11.4 Å². The number of benzene rings is 1. The van der Waals surface area contributed by atoms with Crippen molar-refractivity contribution in [3.05, 3.63) is 57.5 Å². The van der Waals surface area contributed by atoms with Crippen molar-refractivity contribution in [2.45, 2.75) is 18.9 Å². The highest BCUT2D eigenvalue weighted by Crippen LogP contribution is 2.42. The smallest absolute Gasteiger partial charge is 0.290 e. The molecule has 1 fully saturated rings. The highest BCUT2D eigenvalue weighted by atomic mass is 32.1. The van der Waals surface area contributed by atoms with Gasteiger partial charge in [0.2, 0.25) is 5.78 Å². The number of ether oxygens (including phenoxy) is 2. The van der Waals surface area contributed by atoms with Crippen molar-refractivity contribution >= 4 is 23.0 Å². The van der Waals surface area contributed by atoms with Crippen LogP contribution in [0, 0.1) is 0 Å². The Hall–Kier alpha value is -2.84. The maximum absolute atomic E-state index is 13.3. The van der Waals surface area contributed by atoms with Crippen LogP contribution in [-0.2, 0) is 4.79 Å². The Morgan fingerprint density at radius 1 is 1.13 bits per heavy atom. The summed E-state index contributed by atoms with van der Waals surface area (Å²) in [4.78, 5) is 30.7. The Morgan fingerprint density at radius 3 is 2.52 bits per heavy atom. The number of hydrogen-bond donors (Lipinski definition) is 1. The molecule has 0 bridgehead atoms. The van der Waals surface area contributed by atoms with Gasteiger partial charge in [-0.3, -0.25) is 9.59 Å². The third kappa shape index (κ3) is 4.05. The second-order valence-corrected chi connectivity index (χ2v) is 8.58. The Labute approximate surface area is 185 Å². The zero-order valence-corrected chi connectivity index (χ0v) is 18.5. The van der Waals surface area contributed by atoms with Gasteiger partial charge < -0.3 is 24.4 Å². The minimum atomic E-state index is -0.690. The molecule has 1 amide bonds. The quantitative estimate of drug-likeness (QED) is 0.631. The molecule has 2 aliphatic heterocycles. The normalized spacial score (nSPS) is 19.4. The average molecular weight is 443 g/mol. The van der Waals surface area contributed by atoms with E-state index in [0.717, 1.165) is 25.9 Å². The first-order valence-corrected chi connectivity index (χ1v) is 11.2. The number of carbonyl (C=O) groups excluding carboxylic acids is 2. The molecular formula is C23H26N2O5S. The van der Waals surface area contributed by atoms with Crippen LogP contribution in [0.25, 0.3) is 0 Å². The second-order valence-electron chi connectivity index (χ2n) is 7.63.